The first kappa shape index (κ1) is 21.4. The van der Waals surface area contributed by atoms with E-state index in [0.717, 1.165) is 12.1 Å². The maximum atomic E-state index is 13.3. The molecule has 0 saturated heterocycles. The second-order valence-corrected chi connectivity index (χ2v) is 7.35. The highest BCUT2D eigenvalue weighted by molar-refractivity contribution is 7.92. The normalized spacial score (nSPS) is 11.2. The monoisotopic (exact) mass is 417 g/mol. The van der Waals surface area contributed by atoms with E-state index in [1.807, 2.05) is 4.72 Å². The Labute approximate surface area is 159 Å². The predicted molar refractivity (Wildman–Crippen MR) is 93.3 cm³/mol. The molecule has 0 heterocycles. The van der Waals surface area contributed by atoms with E-state index in [4.69, 9.17) is 5.11 Å². The zero-order valence-electron chi connectivity index (χ0n) is 14.4. The number of phenolic OH excluding ortho intramolecular Hbond substituents is 2. The summed E-state index contributed by atoms with van der Waals surface area (Å²) in [4.78, 5) is 10.7. The van der Waals surface area contributed by atoms with E-state index in [2.05, 4.69) is 4.74 Å². The molecule has 4 N–H and O–H groups in total. The quantitative estimate of drug-likeness (QED) is 0.379. The number of hydrogen-bond donors (Lipinski definition) is 4. The number of anilines is 1. The third-order valence-corrected chi connectivity index (χ3v) is 4.84. The van der Waals surface area contributed by atoms with Gasteiger partial charge in [0.1, 0.15) is 35.4 Å². The summed E-state index contributed by atoms with van der Waals surface area (Å²) < 4.78 is 57.6. The molecule has 28 heavy (non-hydrogen) atoms. The molecule has 152 valence electrons. The fourth-order valence-corrected chi connectivity index (χ4v) is 3.40. The average Bonchev–Trinajstić information content (AvgIpc) is 2.60. The number of halogens is 2. The Morgan fingerprint density at radius 2 is 1.61 bits per heavy atom. The Bertz CT molecular complexity index is 936. The molecule has 2 aromatic carbocycles. The third kappa shape index (κ3) is 5.54. The summed E-state index contributed by atoms with van der Waals surface area (Å²) in [5, 5.41) is 28.6. The zero-order valence-corrected chi connectivity index (χ0v) is 15.2. The first-order chi connectivity index (χ1) is 13.1. The van der Waals surface area contributed by atoms with Gasteiger partial charge in [0.15, 0.2) is 0 Å². The molecule has 8 nitrogen and oxygen atoms in total. The highest BCUT2D eigenvalue weighted by Crippen LogP contribution is 2.36. The molecule has 2 aromatic rings. The molecule has 11 heteroatoms. The van der Waals surface area contributed by atoms with Crippen LogP contribution in [0, 0.1) is 11.6 Å². The smallest absolute Gasteiger partial charge is 0.306 e. The summed E-state index contributed by atoms with van der Waals surface area (Å²) in [5.74, 6) is -4.14. The largest absolute Gasteiger partial charge is 0.506 e. The number of aryl methyl sites for hydroxylation is 1. The standard InChI is InChI=1S/C17H17F2NO7S/c18-11-7-12(19)9-13(8-11)28(25,26)20-17-14(22)5-10(6-15(17)23)1-2-16(24)27-4-3-21/h5-9,20-23H,1-4H2. The van der Waals surface area contributed by atoms with Gasteiger partial charge in [-0.25, -0.2) is 17.2 Å². The van der Waals surface area contributed by atoms with Gasteiger partial charge in [0, 0.05) is 12.5 Å². The number of ether oxygens (including phenoxy) is 1. The fourth-order valence-electron chi connectivity index (χ4n) is 2.27. The molecule has 0 aliphatic rings. The molecular formula is C17H17F2NO7S. The van der Waals surface area contributed by atoms with E-state index in [-0.39, 0.29) is 26.1 Å². The van der Waals surface area contributed by atoms with E-state index < -0.39 is 49.7 Å². The van der Waals surface area contributed by atoms with Crippen molar-refractivity contribution in [3.8, 4) is 11.5 Å². The molecule has 0 aromatic heterocycles. The van der Waals surface area contributed by atoms with E-state index in [1.54, 1.807) is 0 Å². The van der Waals surface area contributed by atoms with E-state index >= 15 is 0 Å². The van der Waals surface area contributed by atoms with E-state index in [0.29, 0.717) is 23.8 Å². The lowest BCUT2D eigenvalue weighted by atomic mass is 10.1. The summed E-state index contributed by atoms with van der Waals surface area (Å²) in [6, 6.07) is 3.87. The minimum absolute atomic E-state index is 0.0630. The number of nitrogens with one attached hydrogen (secondary N) is 1. The van der Waals surface area contributed by atoms with Crippen molar-refractivity contribution in [1.82, 2.24) is 0 Å². The minimum Gasteiger partial charge on any atom is -0.506 e. The van der Waals surface area contributed by atoms with Gasteiger partial charge in [-0.1, -0.05) is 0 Å². The molecule has 0 bridgehead atoms. The summed E-state index contributed by atoms with van der Waals surface area (Å²) in [7, 11) is -4.50. The molecular weight excluding hydrogens is 400 g/mol. The maximum absolute atomic E-state index is 13.3. The number of phenols is 2. The van der Waals surface area contributed by atoms with Crippen LogP contribution in [0.15, 0.2) is 35.2 Å². The lowest BCUT2D eigenvalue weighted by molar-refractivity contribution is -0.144. The van der Waals surface area contributed by atoms with Crippen LogP contribution >= 0.6 is 0 Å². The molecule has 0 aliphatic carbocycles. The topological polar surface area (TPSA) is 133 Å². The van der Waals surface area contributed by atoms with Crippen molar-refractivity contribution in [2.24, 2.45) is 0 Å². The lowest BCUT2D eigenvalue weighted by Gasteiger charge is -2.13. The van der Waals surface area contributed by atoms with Gasteiger partial charge in [-0.2, -0.15) is 0 Å². The first-order valence-electron chi connectivity index (χ1n) is 7.92. The molecule has 0 saturated carbocycles. The van der Waals surface area contributed by atoms with Crippen molar-refractivity contribution < 1.29 is 42.0 Å². The van der Waals surface area contributed by atoms with Crippen molar-refractivity contribution in [3.63, 3.8) is 0 Å². The van der Waals surface area contributed by atoms with Crippen molar-refractivity contribution in [2.75, 3.05) is 17.9 Å². The van der Waals surface area contributed by atoms with Gasteiger partial charge in [-0.15, -0.1) is 0 Å². The van der Waals surface area contributed by atoms with Crippen LogP contribution in [-0.4, -0.2) is 42.9 Å². The SMILES string of the molecule is O=C(CCc1cc(O)c(NS(=O)(=O)c2cc(F)cc(F)c2)c(O)c1)OCCO. The number of hydrogen-bond acceptors (Lipinski definition) is 7. The molecule has 0 atom stereocenters. The van der Waals surface area contributed by atoms with E-state index in [1.165, 1.54) is 0 Å². The molecule has 0 unspecified atom stereocenters. The van der Waals surface area contributed by atoms with Crippen LogP contribution in [0.25, 0.3) is 0 Å². The van der Waals surface area contributed by atoms with Crippen molar-refractivity contribution >= 4 is 21.7 Å². The number of carbonyl (C=O) groups excluding carboxylic acids is 1. The van der Waals surface area contributed by atoms with Gasteiger partial charge in [0.05, 0.1) is 11.5 Å². The Kier molecular flexibility index (Phi) is 6.75. The summed E-state index contributed by atoms with van der Waals surface area (Å²) >= 11 is 0. The number of aromatic hydroxyl groups is 2. The molecule has 0 radical (unpaired) electrons. The average molecular weight is 417 g/mol. The second-order valence-electron chi connectivity index (χ2n) is 5.66. The second kappa shape index (κ2) is 8.85. The van der Waals surface area contributed by atoms with Gasteiger partial charge in [0.25, 0.3) is 10.0 Å². The first-order valence-corrected chi connectivity index (χ1v) is 9.41. The Morgan fingerprint density at radius 3 is 2.14 bits per heavy atom. The number of sulfonamides is 1. The van der Waals surface area contributed by atoms with Crippen LogP contribution in [0.2, 0.25) is 0 Å². The van der Waals surface area contributed by atoms with Crippen LogP contribution in [0.1, 0.15) is 12.0 Å². The van der Waals surface area contributed by atoms with Crippen molar-refractivity contribution in [2.45, 2.75) is 17.7 Å². The number of rotatable bonds is 8. The summed E-state index contributed by atoms with van der Waals surface area (Å²) in [6.07, 6.45) is -0.0416. The Morgan fingerprint density at radius 1 is 1.04 bits per heavy atom. The highest BCUT2D eigenvalue weighted by atomic mass is 32.2. The van der Waals surface area contributed by atoms with Crippen LogP contribution in [-0.2, 0) is 26.0 Å². The summed E-state index contributed by atoms with van der Waals surface area (Å²) in [5.41, 5.74) is -0.285. The molecule has 0 spiro atoms. The Hall–Kier alpha value is -2.92. The van der Waals surface area contributed by atoms with Crippen molar-refractivity contribution in [3.05, 3.63) is 47.5 Å². The van der Waals surface area contributed by atoms with Crippen LogP contribution < -0.4 is 4.72 Å². The fraction of sp³-hybridized carbons (Fsp3) is 0.235. The number of esters is 1. The van der Waals surface area contributed by atoms with Gasteiger partial charge in [-0.05, 0) is 36.2 Å². The number of aliphatic hydroxyl groups excluding tert-OH is 1. The molecule has 0 amide bonds. The lowest BCUT2D eigenvalue weighted by Crippen LogP contribution is -2.14. The molecule has 2 rings (SSSR count). The van der Waals surface area contributed by atoms with E-state index in [9.17, 15) is 32.2 Å². The third-order valence-electron chi connectivity index (χ3n) is 3.51. The van der Waals surface area contributed by atoms with Gasteiger partial charge >= 0.3 is 5.97 Å². The van der Waals surface area contributed by atoms with Crippen molar-refractivity contribution in [1.29, 1.82) is 0 Å². The predicted octanol–water partition coefficient (Wildman–Crippen LogP) is 1.64. The highest BCUT2D eigenvalue weighted by Gasteiger charge is 2.21. The molecule has 0 aliphatic heterocycles. The maximum Gasteiger partial charge on any atom is 0.306 e. The number of carbonyl (C=O) groups is 1. The van der Waals surface area contributed by atoms with Crippen LogP contribution in [0.4, 0.5) is 14.5 Å². The van der Waals surface area contributed by atoms with Gasteiger partial charge in [-0.3, -0.25) is 9.52 Å². The zero-order chi connectivity index (χ0) is 20.9. The number of aliphatic hydroxyl groups is 1. The Balaban J connectivity index is 2.19. The van der Waals surface area contributed by atoms with Gasteiger partial charge < -0.3 is 20.1 Å². The molecule has 0 fully saturated rings. The number of benzene rings is 2. The van der Waals surface area contributed by atoms with Gasteiger partial charge in [0.2, 0.25) is 0 Å². The van der Waals surface area contributed by atoms with Crippen LogP contribution in [0.5, 0.6) is 11.5 Å². The van der Waals surface area contributed by atoms with Crippen LogP contribution in [0.3, 0.4) is 0 Å². The summed E-state index contributed by atoms with van der Waals surface area (Å²) in [6.45, 7) is -0.478. The minimum atomic E-state index is -4.50.